The molecular formula is C14H16ClF2NO2. The van der Waals surface area contributed by atoms with E-state index in [1.807, 2.05) is 0 Å². The summed E-state index contributed by atoms with van der Waals surface area (Å²) in [5, 5.41) is 0. The molecule has 1 aliphatic heterocycles. The van der Waals surface area contributed by atoms with Crippen LogP contribution in [0, 0.1) is 5.92 Å². The lowest BCUT2D eigenvalue weighted by atomic mass is 10.1. The highest BCUT2D eigenvalue weighted by atomic mass is 35.5. The number of hydrogen-bond acceptors (Lipinski definition) is 2. The van der Waals surface area contributed by atoms with E-state index in [0.29, 0.717) is 23.9 Å². The zero-order chi connectivity index (χ0) is 14.5. The summed E-state index contributed by atoms with van der Waals surface area (Å²) in [5.74, 6) is 1.04. The first-order valence-electron chi connectivity index (χ1n) is 6.50. The summed E-state index contributed by atoms with van der Waals surface area (Å²) in [7, 11) is 0. The molecule has 0 saturated carbocycles. The van der Waals surface area contributed by atoms with Crippen molar-refractivity contribution < 1.29 is 18.3 Å². The Morgan fingerprint density at radius 1 is 1.40 bits per heavy atom. The van der Waals surface area contributed by atoms with Gasteiger partial charge in [0.2, 0.25) is 0 Å². The molecule has 0 N–H and O–H groups in total. The minimum Gasteiger partial charge on any atom is -0.435 e. The first-order valence-corrected chi connectivity index (χ1v) is 7.03. The van der Waals surface area contributed by atoms with Gasteiger partial charge in [-0.2, -0.15) is 8.78 Å². The van der Waals surface area contributed by atoms with Gasteiger partial charge in [0.05, 0.1) is 0 Å². The van der Waals surface area contributed by atoms with Crippen LogP contribution in [-0.4, -0.2) is 36.4 Å². The summed E-state index contributed by atoms with van der Waals surface area (Å²) >= 11 is 5.71. The highest BCUT2D eigenvalue weighted by Crippen LogP contribution is 2.23. The molecule has 1 aliphatic rings. The lowest BCUT2D eigenvalue weighted by molar-refractivity contribution is -0.0498. The van der Waals surface area contributed by atoms with E-state index in [1.165, 1.54) is 24.3 Å². The van der Waals surface area contributed by atoms with E-state index in [4.69, 9.17) is 11.6 Å². The number of rotatable bonds is 5. The molecule has 1 amide bonds. The van der Waals surface area contributed by atoms with Crippen molar-refractivity contribution in [3.63, 3.8) is 0 Å². The maximum atomic E-state index is 12.2. The van der Waals surface area contributed by atoms with Gasteiger partial charge in [-0.25, -0.2) is 0 Å². The van der Waals surface area contributed by atoms with Gasteiger partial charge in [-0.05, 0) is 43.0 Å². The van der Waals surface area contributed by atoms with Crippen molar-refractivity contribution in [3.05, 3.63) is 29.8 Å². The van der Waals surface area contributed by atoms with Crippen molar-refractivity contribution >= 4 is 17.5 Å². The zero-order valence-corrected chi connectivity index (χ0v) is 11.7. The Bertz CT molecular complexity index is 453. The Balaban J connectivity index is 1.96. The van der Waals surface area contributed by atoms with Crippen LogP contribution in [0.2, 0.25) is 0 Å². The summed E-state index contributed by atoms with van der Waals surface area (Å²) < 4.78 is 28.3. The van der Waals surface area contributed by atoms with Gasteiger partial charge in [0.1, 0.15) is 5.75 Å². The van der Waals surface area contributed by atoms with Crippen molar-refractivity contribution in [2.75, 3.05) is 19.0 Å². The Morgan fingerprint density at radius 2 is 2.10 bits per heavy atom. The third-order valence-electron chi connectivity index (χ3n) is 3.42. The number of halogens is 3. The number of ether oxygens (including phenoxy) is 1. The molecule has 1 aromatic rings. The largest absolute Gasteiger partial charge is 0.435 e. The van der Waals surface area contributed by atoms with Crippen LogP contribution in [0.15, 0.2) is 24.3 Å². The Hall–Kier alpha value is -1.36. The third-order valence-corrected chi connectivity index (χ3v) is 3.64. The van der Waals surface area contributed by atoms with Gasteiger partial charge >= 0.3 is 6.61 Å². The van der Waals surface area contributed by atoms with Crippen LogP contribution in [0.5, 0.6) is 5.75 Å². The molecule has 6 heteroatoms. The SMILES string of the molecule is O=C(c1ccc(OC(F)F)cc1)N1CCC(CCCl)C1. The number of likely N-dealkylation sites (tertiary alicyclic amines) is 1. The Labute approximate surface area is 121 Å². The van der Waals surface area contributed by atoms with Crippen molar-refractivity contribution in [2.24, 2.45) is 5.92 Å². The molecule has 0 radical (unpaired) electrons. The van der Waals surface area contributed by atoms with E-state index in [2.05, 4.69) is 4.74 Å². The fourth-order valence-electron chi connectivity index (χ4n) is 2.37. The molecule has 1 unspecified atom stereocenters. The zero-order valence-electron chi connectivity index (χ0n) is 10.9. The lowest BCUT2D eigenvalue weighted by Crippen LogP contribution is -2.28. The smallest absolute Gasteiger partial charge is 0.387 e. The number of alkyl halides is 3. The van der Waals surface area contributed by atoms with Crippen molar-refractivity contribution in [1.82, 2.24) is 4.90 Å². The van der Waals surface area contributed by atoms with Gasteiger partial charge < -0.3 is 9.64 Å². The summed E-state index contributed by atoms with van der Waals surface area (Å²) in [6, 6.07) is 5.78. The standard InChI is InChI=1S/C14H16ClF2NO2/c15-7-5-10-6-8-18(9-10)13(19)11-1-3-12(4-2-11)20-14(16)17/h1-4,10,14H,5-9H2. The topological polar surface area (TPSA) is 29.5 Å². The first kappa shape index (κ1) is 15.0. The summed E-state index contributed by atoms with van der Waals surface area (Å²) in [5.41, 5.74) is 0.484. The van der Waals surface area contributed by atoms with Crippen molar-refractivity contribution in [3.8, 4) is 5.75 Å². The molecule has 1 saturated heterocycles. The first-order chi connectivity index (χ1) is 9.60. The van der Waals surface area contributed by atoms with Gasteiger partial charge in [-0.3, -0.25) is 4.79 Å². The molecule has 3 nitrogen and oxygen atoms in total. The van der Waals surface area contributed by atoms with E-state index in [9.17, 15) is 13.6 Å². The molecule has 1 atom stereocenters. The van der Waals surface area contributed by atoms with Gasteiger partial charge in [-0.15, -0.1) is 11.6 Å². The minimum absolute atomic E-state index is 0.0537. The predicted molar refractivity (Wildman–Crippen MR) is 72.4 cm³/mol. The van der Waals surface area contributed by atoms with E-state index < -0.39 is 6.61 Å². The summed E-state index contributed by atoms with van der Waals surface area (Å²) in [6.45, 7) is -1.43. The Morgan fingerprint density at radius 3 is 2.70 bits per heavy atom. The second-order valence-corrected chi connectivity index (χ2v) is 5.16. The average molecular weight is 304 g/mol. The monoisotopic (exact) mass is 303 g/mol. The van der Waals surface area contributed by atoms with Gasteiger partial charge in [0.15, 0.2) is 0 Å². The number of hydrogen-bond donors (Lipinski definition) is 0. The highest BCUT2D eigenvalue weighted by Gasteiger charge is 2.26. The minimum atomic E-state index is -2.86. The second kappa shape index (κ2) is 6.88. The van der Waals surface area contributed by atoms with Crippen LogP contribution >= 0.6 is 11.6 Å². The van der Waals surface area contributed by atoms with E-state index in [0.717, 1.165) is 19.4 Å². The predicted octanol–water partition coefficient (Wildman–Crippen LogP) is 3.38. The van der Waals surface area contributed by atoms with Gasteiger partial charge in [0.25, 0.3) is 5.91 Å². The summed E-state index contributed by atoms with van der Waals surface area (Å²) in [6.07, 6.45) is 1.87. The molecule has 0 spiro atoms. The lowest BCUT2D eigenvalue weighted by Gasteiger charge is -2.16. The molecule has 0 bridgehead atoms. The highest BCUT2D eigenvalue weighted by molar-refractivity contribution is 6.17. The number of carbonyl (C=O) groups excluding carboxylic acids is 1. The van der Waals surface area contributed by atoms with Crippen LogP contribution < -0.4 is 4.74 Å². The molecule has 110 valence electrons. The van der Waals surface area contributed by atoms with E-state index in [-0.39, 0.29) is 11.7 Å². The van der Waals surface area contributed by atoms with Crippen LogP contribution in [0.3, 0.4) is 0 Å². The molecule has 1 aromatic carbocycles. The van der Waals surface area contributed by atoms with Gasteiger partial charge in [0, 0.05) is 24.5 Å². The molecule has 20 heavy (non-hydrogen) atoms. The maximum Gasteiger partial charge on any atom is 0.387 e. The molecule has 1 fully saturated rings. The third kappa shape index (κ3) is 3.82. The van der Waals surface area contributed by atoms with Crippen LogP contribution in [-0.2, 0) is 0 Å². The van der Waals surface area contributed by atoms with E-state index in [1.54, 1.807) is 4.90 Å². The number of amides is 1. The maximum absolute atomic E-state index is 12.2. The van der Waals surface area contributed by atoms with Crippen LogP contribution in [0.1, 0.15) is 23.2 Å². The molecule has 0 aliphatic carbocycles. The second-order valence-electron chi connectivity index (χ2n) is 4.79. The normalized spacial score (nSPS) is 18.6. The summed E-state index contributed by atoms with van der Waals surface area (Å²) in [4.78, 5) is 14.0. The van der Waals surface area contributed by atoms with Gasteiger partial charge in [-0.1, -0.05) is 0 Å². The molecular weight excluding hydrogens is 288 g/mol. The number of carbonyl (C=O) groups is 1. The average Bonchev–Trinajstić information content (AvgIpc) is 2.87. The fraction of sp³-hybridized carbons (Fsp3) is 0.500. The van der Waals surface area contributed by atoms with Crippen LogP contribution in [0.4, 0.5) is 8.78 Å². The number of nitrogens with zero attached hydrogens (tertiary/aromatic N) is 1. The number of benzene rings is 1. The van der Waals surface area contributed by atoms with Crippen molar-refractivity contribution in [1.29, 1.82) is 0 Å². The molecule has 0 aromatic heterocycles. The molecule has 2 rings (SSSR count). The fourth-order valence-corrected chi connectivity index (χ4v) is 2.68. The quantitative estimate of drug-likeness (QED) is 0.781. The Kier molecular flexibility index (Phi) is 5.17. The van der Waals surface area contributed by atoms with Crippen molar-refractivity contribution in [2.45, 2.75) is 19.5 Å². The molecule has 1 heterocycles. The van der Waals surface area contributed by atoms with E-state index >= 15 is 0 Å². The van der Waals surface area contributed by atoms with Crippen LogP contribution in [0.25, 0.3) is 0 Å².